The predicted octanol–water partition coefficient (Wildman–Crippen LogP) is 3.66. The van der Waals surface area contributed by atoms with Crippen LogP contribution in [0.3, 0.4) is 0 Å². The summed E-state index contributed by atoms with van der Waals surface area (Å²) in [5.41, 5.74) is 5.87. The van der Waals surface area contributed by atoms with E-state index in [0.29, 0.717) is 6.04 Å². The normalized spacial score (nSPS) is 25.6. The van der Waals surface area contributed by atoms with Crippen LogP contribution in [0.4, 0.5) is 5.69 Å². The number of hydrogen-bond acceptors (Lipinski definition) is 2. The first-order valence-electron chi connectivity index (χ1n) is 7.80. The fourth-order valence-electron chi connectivity index (χ4n) is 4.04. The Morgan fingerprint density at radius 1 is 1.09 bits per heavy atom. The molecular formula is C19H17N3. The Kier molecular flexibility index (Phi) is 2.26. The summed E-state index contributed by atoms with van der Waals surface area (Å²) in [4.78, 5) is 8.33. The van der Waals surface area contributed by atoms with Crippen molar-refractivity contribution in [3.05, 3.63) is 65.4 Å². The number of nitrogens with zero attached hydrogens (tertiary/aromatic N) is 1. The Morgan fingerprint density at radius 3 is 2.86 bits per heavy atom. The van der Waals surface area contributed by atoms with E-state index < -0.39 is 0 Å². The van der Waals surface area contributed by atoms with E-state index in [2.05, 4.69) is 70.9 Å². The van der Waals surface area contributed by atoms with Crippen LogP contribution in [-0.4, -0.2) is 17.2 Å². The van der Waals surface area contributed by atoms with Crippen LogP contribution in [0.5, 0.6) is 0 Å². The maximum absolute atomic E-state index is 4.67. The van der Waals surface area contributed by atoms with Crippen molar-refractivity contribution in [3.8, 4) is 0 Å². The van der Waals surface area contributed by atoms with Crippen molar-refractivity contribution in [2.24, 2.45) is 4.99 Å². The molecule has 3 heteroatoms. The van der Waals surface area contributed by atoms with E-state index in [0.717, 1.165) is 12.1 Å². The molecule has 3 heterocycles. The Bertz CT molecular complexity index is 921. The van der Waals surface area contributed by atoms with Gasteiger partial charge in [-0.3, -0.25) is 10.3 Å². The van der Waals surface area contributed by atoms with Crippen LogP contribution in [0.2, 0.25) is 0 Å². The Morgan fingerprint density at radius 2 is 1.91 bits per heavy atom. The monoisotopic (exact) mass is 287 g/mol. The topological polar surface area (TPSA) is 40.2 Å². The summed E-state index contributed by atoms with van der Waals surface area (Å²) in [6.45, 7) is 2.25. The highest BCUT2D eigenvalue weighted by atomic mass is 15.1. The quantitative estimate of drug-likeness (QED) is 0.651. The second-order valence-electron chi connectivity index (χ2n) is 6.36. The van der Waals surface area contributed by atoms with Crippen molar-refractivity contribution in [3.63, 3.8) is 0 Å². The average molecular weight is 287 g/mol. The first kappa shape index (κ1) is 12.2. The molecule has 1 spiro atoms. The number of H-pyrrole nitrogens is 1. The van der Waals surface area contributed by atoms with E-state index >= 15 is 0 Å². The van der Waals surface area contributed by atoms with Crippen molar-refractivity contribution in [2.75, 3.05) is 0 Å². The number of fused-ring (bicyclic) bond motifs is 6. The number of aliphatic imine (C=N–C) groups is 1. The summed E-state index contributed by atoms with van der Waals surface area (Å²) in [7, 11) is 0. The van der Waals surface area contributed by atoms with Gasteiger partial charge in [0.1, 0.15) is 5.54 Å². The zero-order valence-corrected chi connectivity index (χ0v) is 12.4. The molecule has 2 N–H and O–H groups in total. The minimum atomic E-state index is -0.317. The molecular weight excluding hydrogens is 270 g/mol. The van der Waals surface area contributed by atoms with Gasteiger partial charge in [0.2, 0.25) is 0 Å². The van der Waals surface area contributed by atoms with Crippen LogP contribution >= 0.6 is 0 Å². The largest absolute Gasteiger partial charge is 0.356 e. The second-order valence-corrected chi connectivity index (χ2v) is 6.36. The molecule has 0 saturated heterocycles. The molecule has 0 fully saturated rings. The molecule has 22 heavy (non-hydrogen) atoms. The van der Waals surface area contributed by atoms with Gasteiger partial charge in [-0.2, -0.15) is 0 Å². The molecule has 0 bridgehead atoms. The number of benzene rings is 2. The third kappa shape index (κ3) is 1.41. The molecule has 2 aliphatic heterocycles. The van der Waals surface area contributed by atoms with Crippen LogP contribution < -0.4 is 5.32 Å². The Balaban J connectivity index is 1.86. The highest BCUT2D eigenvalue weighted by Crippen LogP contribution is 2.44. The lowest BCUT2D eigenvalue weighted by molar-refractivity contribution is 0.413. The molecule has 2 aliphatic rings. The van der Waals surface area contributed by atoms with E-state index in [1.807, 2.05) is 6.07 Å². The van der Waals surface area contributed by atoms with Gasteiger partial charge in [0.05, 0.1) is 5.69 Å². The number of para-hydroxylation sites is 2. The summed E-state index contributed by atoms with van der Waals surface area (Å²) in [5.74, 6) is 0. The summed E-state index contributed by atoms with van der Waals surface area (Å²) in [5, 5.41) is 5.12. The lowest BCUT2D eigenvalue weighted by atomic mass is 9.80. The number of hydrogen-bond donors (Lipinski definition) is 2. The fraction of sp³-hybridized carbons (Fsp3) is 0.211. The Hall–Kier alpha value is -2.39. The molecule has 2 unspecified atom stereocenters. The SMILES string of the molecule is CC1Cc2c([nH]c3ccccc23)C2(C=Nc3ccccc32)N1. The van der Waals surface area contributed by atoms with Crippen LogP contribution in [-0.2, 0) is 12.0 Å². The summed E-state index contributed by atoms with van der Waals surface area (Å²) < 4.78 is 0. The number of nitrogens with one attached hydrogen (secondary N) is 2. The number of rotatable bonds is 0. The van der Waals surface area contributed by atoms with Gasteiger partial charge in [0.25, 0.3) is 0 Å². The minimum absolute atomic E-state index is 0.317. The van der Waals surface area contributed by atoms with Gasteiger partial charge in [0, 0.05) is 34.4 Å². The van der Waals surface area contributed by atoms with Crippen molar-refractivity contribution in [1.82, 2.24) is 10.3 Å². The van der Waals surface area contributed by atoms with Gasteiger partial charge in [-0.05, 0) is 31.0 Å². The first-order valence-corrected chi connectivity index (χ1v) is 7.80. The van der Waals surface area contributed by atoms with Crippen molar-refractivity contribution < 1.29 is 0 Å². The molecule has 0 saturated carbocycles. The van der Waals surface area contributed by atoms with E-state index in [9.17, 15) is 0 Å². The van der Waals surface area contributed by atoms with Crippen LogP contribution in [0.1, 0.15) is 23.7 Å². The van der Waals surface area contributed by atoms with Crippen LogP contribution in [0.25, 0.3) is 10.9 Å². The van der Waals surface area contributed by atoms with E-state index in [4.69, 9.17) is 0 Å². The minimum Gasteiger partial charge on any atom is -0.356 e. The third-order valence-corrected chi connectivity index (χ3v) is 4.92. The van der Waals surface area contributed by atoms with Crippen molar-refractivity contribution in [2.45, 2.75) is 24.9 Å². The van der Waals surface area contributed by atoms with Gasteiger partial charge in [-0.25, -0.2) is 0 Å². The number of aromatic nitrogens is 1. The molecule has 3 aromatic rings. The summed E-state index contributed by atoms with van der Waals surface area (Å²) >= 11 is 0. The van der Waals surface area contributed by atoms with E-state index in [-0.39, 0.29) is 5.54 Å². The lowest BCUT2D eigenvalue weighted by Gasteiger charge is -2.37. The third-order valence-electron chi connectivity index (χ3n) is 4.92. The van der Waals surface area contributed by atoms with Gasteiger partial charge in [-0.15, -0.1) is 0 Å². The van der Waals surface area contributed by atoms with Gasteiger partial charge < -0.3 is 4.98 Å². The van der Waals surface area contributed by atoms with E-state index in [1.54, 1.807) is 0 Å². The maximum Gasteiger partial charge on any atom is 0.123 e. The standard InChI is InChI=1S/C19H17N3/c1-12-10-14-13-6-2-4-8-16(13)21-18(14)19(22-12)11-20-17-9-5-3-7-15(17)19/h2-9,11-12,21-22H,10H2,1H3. The molecule has 1 aromatic heterocycles. The fourth-order valence-corrected chi connectivity index (χ4v) is 4.04. The highest BCUT2D eigenvalue weighted by Gasteiger charge is 2.44. The Labute approximate surface area is 129 Å². The predicted molar refractivity (Wildman–Crippen MR) is 90.0 cm³/mol. The highest BCUT2D eigenvalue weighted by molar-refractivity contribution is 5.94. The van der Waals surface area contributed by atoms with Gasteiger partial charge in [0.15, 0.2) is 0 Å². The molecule has 0 amide bonds. The summed E-state index contributed by atoms with van der Waals surface area (Å²) in [6, 6.07) is 17.4. The zero-order valence-electron chi connectivity index (χ0n) is 12.4. The van der Waals surface area contributed by atoms with Crippen molar-refractivity contribution >= 4 is 22.8 Å². The molecule has 3 nitrogen and oxygen atoms in total. The first-order chi connectivity index (χ1) is 10.8. The van der Waals surface area contributed by atoms with Crippen LogP contribution in [0.15, 0.2) is 53.5 Å². The molecule has 0 aliphatic carbocycles. The van der Waals surface area contributed by atoms with E-state index in [1.165, 1.54) is 27.7 Å². The molecule has 2 atom stereocenters. The second kappa shape index (κ2) is 4.08. The maximum atomic E-state index is 4.67. The molecule has 0 radical (unpaired) electrons. The zero-order chi connectivity index (χ0) is 14.7. The van der Waals surface area contributed by atoms with Crippen LogP contribution in [0, 0.1) is 0 Å². The smallest absolute Gasteiger partial charge is 0.123 e. The molecule has 2 aromatic carbocycles. The molecule has 5 rings (SSSR count). The lowest BCUT2D eigenvalue weighted by Crippen LogP contribution is -2.52. The average Bonchev–Trinajstić information content (AvgIpc) is 3.08. The summed E-state index contributed by atoms with van der Waals surface area (Å²) in [6.07, 6.45) is 3.11. The van der Waals surface area contributed by atoms with Crippen molar-refractivity contribution in [1.29, 1.82) is 0 Å². The van der Waals surface area contributed by atoms with Gasteiger partial charge in [-0.1, -0.05) is 36.4 Å². The van der Waals surface area contributed by atoms with Gasteiger partial charge >= 0.3 is 0 Å². The number of aromatic amines is 1. The molecule has 108 valence electrons.